The van der Waals surface area contributed by atoms with Crippen molar-refractivity contribution < 1.29 is 9.18 Å². The molecule has 0 aliphatic heterocycles. The number of pyridine rings is 1. The van der Waals surface area contributed by atoms with Crippen LogP contribution in [0.1, 0.15) is 10.5 Å². The molecule has 0 spiro atoms. The Kier molecular flexibility index (Phi) is 3.05. The van der Waals surface area contributed by atoms with Gasteiger partial charge in [0.25, 0.3) is 5.91 Å². The molecule has 4 aromatic rings. The van der Waals surface area contributed by atoms with E-state index in [1.54, 1.807) is 18.3 Å². The van der Waals surface area contributed by atoms with Gasteiger partial charge >= 0.3 is 0 Å². The molecule has 0 atom stereocenters. The second-order valence-electron chi connectivity index (χ2n) is 5.24. The maximum atomic E-state index is 13.2. The van der Waals surface area contributed by atoms with Crippen LogP contribution in [0.4, 0.5) is 10.1 Å². The molecule has 0 saturated carbocycles. The summed E-state index contributed by atoms with van der Waals surface area (Å²) in [6.45, 7) is 0. The Morgan fingerprint density at radius 2 is 2.00 bits per heavy atom. The summed E-state index contributed by atoms with van der Waals surface area (Å²) in [7, 11) is 0. The van der Waals surface area contributed by atoms with Crippen LogP contribution in [-0.4, -0.2) is 15.9 Å². The highest BCUT2D eigenvalue weighted by Gasteiger charge is 2.11. The number of carbonyl (C=O) groups excluding carboxylic acids is 1. The Labute approximate surface area is 131 Å². The Morgan fingerprint density at radius 1 is 1.09 bits per heavy atom. The molecular formula is C18H12FN3O. The van der Waals surface area contributed by atoms with Gasteiger partial charge < -0.3 is 10.3 Å². The molecule has 0 bridgehead atoms. The largest absolute Gasteiger partial charge is 0.350 e. The molecule has 4 rings (SSSR count). The van der Waals surface area contributed by atoms with Crippen molar-refractivity contribution >= 4 is 33.4 Å². The number of fused-ring (bicyclic) bond motifs is 2. The summed E-state index contributed by atoms with van der Waals surface area (Å²) in [6, 6.07) is 15.4. The number of hydrogen-bond acceptors (Lipinski definition) is 2. The monoisotopic (exact) mass is 305 g/mol. The molecule has 5 heteroatoms. The molecule has 0 radical (unpaired) electrons. The van der Waals surface area contributed by atoms with Gasteiger partial charge in [-0.25, -0.2) is 4.39 Å². The Hall–Kier alpha value is -3.21. The van der Waals surface area contributed by atoms with Crippen LogP contribution in [0.2, 0.25) is 0 Å². The standard InChI is InChI=1S/C18H12FN3O/c19-12-7-6-11-9-17(21-16(11)10-12)18(23)22-15-5-1-4-14-13(15)3-2-8-20-14/h1-10,21H,(H,22,23). The number of nitrogens with zero attached hydrogens (tertiary/aromatic N) is 1. The van der Waals surface area contributed by atoms with Crippen molar-refractivity contribution in [3.63, 3.8) is 0 Å². The molecule has 1 amide bonds. The highest BCUT2D eigenvalue weighted by Crippen LogP contribution is 2.23. The zero-order chi connectivity index (χ0) is 15.8. The summed E-state index contributed by atoms with van der Waals surface area (Å²) in [6.07, 6.45) is 1.71. The van der Waals surface area contributed by atoms with E-state index >= 15 is 0 Å². The van der Waals surface area contributed by atoms with Crippen LogP contribution in [-0.2, 0) is 0 Å². The number of benzene rings is 2. The van der Waals surface area contributed by atoms with Gasteiger partial charge in [0.05, 0.1) is 11.2 Å². The lowest BCUT2D eigenvalue weighted by molar-refractivity contribution is 0.102. The van der Waals surface area contributed by atoms with Gasteiger partial charge in [0, 0.05) is 22.5 Å². The molecule has 0 saturated heterocycles. The second-order valence-corrected chi connectivity index (χ2v) is 5.24. The van der Waals surface area contributed by atoms with Gasteiger partial charge in [0.15, 0.2) is 0 Å². The summed E-state index contributed by atoms with van der Waals surface area (Å²) in [5, 5.41) is 4.53. The van der Waals surface area contributed by atoms with E-state index in [2.05, 4.69) is 15.3 Å². The highest BCUT2D eigenvalue weighted by atomic mass is 19.1. The summed E-state index contributed by atoms with van der Waals surface area (Å²) in [5.74, 6) is -0.621. The molecule has 2 aromatic heterocycles. The number of aromatic nitrogens is 2. The third-order valence-corrected chi connectivity index (χ3v) is 3.72. The third kappa shape index (κ3) is 2.42. The summed E-state index contributed by atoms with van der Waals surface area (Å²) < 4.78 is 13.2. The number of aromatic amines is 1. The number of rotatable bonds is 2. The van der Waals surface area contributed by atoms with E-state index < -0.39 is 0 Å². The van der Waals surface area contributed by atoms with Crippen LogP contribution in [0.15, 0.2) is 60.8 Å². The molecule has 0 fully saturated rings. The van der Waals surface area contributed by atoms with E-state index in [-0.39, 0.29) is 11.7 Å². The van der Waals surface area contributed by atoms with Crippen molar-refractivity contribution in [1.82, 2.24) is 9.97 Å². The van der Waals surface area contributed by atoms with Crippen molar-refractivity contribution in [2.75, 3.05) is 5.32 Å². The first kappa shape index (κ1) is 13.5. The number of anilines is 1. The molecule has 23 heavy (non-hydrogen) atoms. The van der Waals surface area contributed by atoms with Crippen molar-refractivity contribution in [3.05, 3.63) is 72.3 Å². The van der Waals surface area contributed by atoms with Gasteiger partial charge in [-0.3, -0.25) is 9.78 Å². The molecule has 2 N–H and O–H groups in total. The lowest BCUT2D eigenvalue weighted by atomic mass is 10.2. The lowest BCUT2D eigenvalue weighted by Crippen LogP contribution is -2.12. The SMILES string of the molecule is O=C(Nc1cccc2ncccc12)c1cc2ccc(F)cc2[nH]1. The lowest BCUT2D eigenvalue weighted by Gasteiger charge is -2.07. The first-order valence-electron chi connectivity index (χ1n) is 7.14. The summed E-state index contributed by atoms with van der Waals surface area (Å²) in [4.78, 5) is 19.7. The van der Waals surface area contributed by atoms with Crippen molar-refractivity contribution in [1.29, 1.82) is 0 Å². The minimum Gasteiger partial charge on any atom is -0.350 e. The average Bonchev–Trinajstić information content (AvgIpc) is 2.98. The van der Waals surface area contributed by atoms with Crippen LogP contribution in [0.25, 0.3) is 21.8 Å². The summed E-state index contributed by atoms with van der Waals surface area (Å²) >= 11 is 0. The molecule has 2 aromatic carbocycles. The molecule has 2 heterocycles. The molecule has 4 nitrogen and oxygen atoms in total. The van der Waals surface area contributed by atoms with E-state index in [1.165, 1.54) is 12.1 Å². The number of hydrogen-bond donors (Lipinski definition) is 2. The predicted molar refractivity (Wildman–Crippen MR) is 88.0 cm³/mol. The van der Waals surface area contributed by atoms with Crippen molar-refractivity contribution in [2.24, 2.45) is 0 Å². The van der Waals surface area contributed by atoms with E-state index in [1.807, 2.05) is 30.3 Å². The van der Waals surface area contributed by atoms with Gasteiger partial charge in [-0.15, -0.1) is 0 Å². The maximum absolute atomic E-state index is 13.2. The van der Waals surface area contributed by atoms with Crippen LogP contribution >= 0.6 is 0 Å². The third-order valence-electron chi connectivity index (χ3n) is 3.72. The van der Waals surface area contributed by atoms with E-state index in [9.17, 15) is 9.18 Å². The molecule has 112 valence electrons. The first-order valence-corrected chi connectivity index (χ1v) is 7.14. The molecule has 0 unspecified atom stereocenters. The van der Waals surface area contributed by atoms with E-state index in [0.29, 0.717) is 16.9 Å². The molecular weight excluding hydrogens is 293 g/mol. The fourth-order valence-electron chi connectivity index (χ4n) is 2.62. The number of H-pyrrole nitrogens is 1. The average molecular weight is 305 g/mol. The second kappa shape index (κ2) is 5.21. The smallest absolute Gasteiger partial charge is 0.272 e. The number of nitrogens with one attached hydrogen (secondary N) is 2. The van der Waals surface area contributed by atoms with Crippen LogP contribution in [0.5, 0.6) is 0 Å². The number of halogens is 1. The van der Waals surface area contributed by atoms with Gasteiger partial charge in [-0.2, -0.15) is 0 Å². The predicted octanol–water partition coefficient (Wildman–Crippen LogP) is 4.11. The van der Waals surface area contributed by atoms with E-state index in [0.717, 1.165) is 16.3 Å². The van der Waals surface area contributed by atoms with Gasteiger partial charge in [0.1, 0.15) is 11.5 Å². The Bertz CT molecular complexity index is 1030. The van der Waals surface area contributed by atoms with Gasteiger partial charge in [-0.1, -0.05) is 6.07 Å². The van der Waals surface area contributed by atoms with Crippen LogP contribution < -0.4 is 5.32 Å². The quantitative estimate of drug-likeness (QED) is 0.585. The normalized spacial score (nSPS) is 11.0. The van der Waals surface area contributed by atoms with Gasteiger partial charge in [-0.05, 0) is 48.5 Å². The molecule has 0 aliphatic rings. The van der Waals surface area contributed by atoms with Crippen molar-refractivity contribution in [2.45, 2.75) is 0 Å². The number of carbonyl (C=O) groups is 1. The number of amides is 1. The fraction of sp³-hybridized carbons (Fsp3) is 0. The zero-order valence-electron chi connectivity index (χ0n) is 12.0. The summed E-state index contributed by atoms with van der Waals surface area (Å²) in [5.41, 5.74) is 2.47. The first-order chi connectivity index (χ1) is 11.2. The highest BCUT2D eigenvalue weighted by molar-refractivity contribution is 6.09. The maximum Gasteiger partial charge on any atom is 0.272 e. The molecule has 0 aliphatic carbocycles. The van der Waals surface area contributed by atoms with Crippen LogP contribution in [0, 0.1) is 5.82 Å². The minimum atomic E-state index is -0.341. The zero-order valence-corrected chi connectivity index (χ0v) is 12.0. The fourth-order valence-corrected chi connectivity index (χ4v) is 2.62. The Balaban J connectivity index is 1.70. The van der Waals surface area contributed by atoms with Gasteiger partial charge in [0.2, 0.25) is 0 Å². The topological polar surface area (TPSA) is 57.8 Å². The minimum absolute atomic E-state index is 0.280. The van der Waals surface area contributed by atoms with Crippen LogP contribution in [0.3, 0.4) is 0 Å². The Morgan fingerprint density at radius 3 is 2.91 bits per heavy atom. The van der Waals surface area contributed by atoms with Crippen molar-refractivity contribution in [3.8, 4) is 0 Å². The van der Waals surface area contributed by atoms with E-state index in [4.69, 9.17) is 0 Å².